The van der Waals surface area contributed by atoms with Crippen molar-refractivity contribution in [2.45, 2.75) is 81.4 Å². The minimum absolute atomic E-state index is 0.0700. The van der Waals surface area contributed by atoms with Crippen molar-refractivity contribution in [3.05, 3.63) is 27.8 Å². The molecule has 0 saturated carbocycles. The summed E-state index contributed by atoms with van der Waals surface area (Å²) in [6.07, 6.45) is -1.39. The predicted octanol–water partition coefficient (Wildman–Crippen LogP) is 1.10. The molecule has 0 bridgehead atoms. The molecule has 11 heteroatoms. The van der Waals surface area contributed by atoms with Gasteiger partial charge in [-0.05, 0) is 49.9 Å². The summed E-state index contributed by atoms with van der Waals surface area (Å²) in [5.74, 6) is -0.948. The predicted molar refractivity (Wildman–Crippen MR) is 148 cm³/mol. The van der Waals surface area contributed by atoms with E-state index < -0.39 is 37.2 Å². The molecule has 0 saturated heterocycles. The van der Waals surface area contributed by atoms with E-state index in [1.54, 1.807) is 6.92 Å². The van der Waals surface area contributed by atoms with Crippen LogP contribution in [0.25, 0.3) is 0 Å². The summed E-state index contributed by atoms with van der Waals surface area (Å²) in [4.78, 5) is 33.4. The van der Waals surface area contributed by atoms with Crippen LogP contribution in [0, 0.1) is 27.7 Å². The standard InChI is InChI=1S/C16H24N2O5.C4H9NO3.3C2H6/c1-8-9(2)14(16(23)17-5-12(21)6-19)11(4)15(10(8)3)18-13(22)7-20;6-2-4(8)1-5-3-7;3*1-2/h12,19-21H,5-7H2,1-4H3,(H,17,23)(H,18,22);3-4,6,8H,1-2H2,(H,5,7);3*1-2H3. The molecule has 8 N–H and O–H groups in total. The summed E-state index contributed by atoms with van der Waals surface area (Å²) in [7, 11) is 0. The van der Waals surface area contributed by atoms with Crippen LogP contribution in [0.3, 0.4) is 0 Å². The fourth-order valence-electron chi connectivity index (χ4n) is 2.66. The third-order valence-corrected chi connectivity index (χ3v) is 4.62. The quantitative estimate of drug-likeness (QED) is 0.205. The molecule has 37 heavy (non-hydrogen) atoms. The van der Waals surface area contributed by atoms with Crippen molar-refractivity contribution < 1.29 is 39.9 Å². The first kappa shape index (κ1) is 41.6. The maximum Gasteiger partial charge on any atom is 0.251 e. The zero-order valence-corrected chi connectivity index (χ0v) is 24.2. The molecule has 0 fully saturated rings. The van der Waals surface area contributed by atoms with Gasteiger partial charge >= 0.3 is 0 Å². The average molecular weight is 534 g/mol. The highest BCUT2D eigenvalue weighted by molar-refractivity contribution is 6.02. The van der Waals surface area contributed by atoms with Gasteiger partial charge in [0.25, 0.3) is 5.91 Å². The molecule has 0 aliphatic rings. The Kier molecular flexibility index (Phi) is 29.8. The highest BCUT2D eigenvalue weighted by Gasteiger charge is 2.21. The number of amides is 3. The molecule has 1 aromatic rings. The smallest absolute Gasteiger partial charge is 0.251 e. The van der Waals surface area contributed by atoms with E-state index in [2.05, 4.69) is 16.0 Å². The fourth-order valence-corrected chi connectivity index (χ4v) is 2.66. The zero-order chi connectivity index (χ0) is 30.1. The third-order valence-electron chi connectivity index (χ3n) is 4.62. The van der Waals surface area contributed by atoms with Gasteiger partial charge in [-0.1, -0.05) is 41.5 Å². The summed E-state index contributed by atoms with van der Waals surface area (Å²) < 4.78 is 0. The van der Waals surface area contributed by atoms with Gasteiger partial charge in [0.05, 0.1) is 25.4 Å². The molecule has 0 aromatic heterocycles. The normalized spacial score (nSPS) is 10.7. The lowest BCUT2D eigenvalue weighted by molar-refractivity contribution is -0.118. The summed E-state index contributed by atoms with van der Waals surface area (Å²) in [6, 6.07) is 0. The van der Waals surface area contributed by atoms with Crippen molar-refractivity contribution in [2.24, 2.45) is 0 Å². The van der Waals surface area contributed by atoms with Gasteiger partial charge in [-0.3, -0.25) is 14.4 Å². The molecule has 1 aromatic carbocycles. The van der Waals surface area contributed by atoms with Crippen molar-refractivity contribution in [2.75, 3.05) is 38.2 Å². The van der Waals surface area contributed by atoms with Crippen LogP contribution in [0.2, 0.25) is 0 Å². The van der Waals surface area contributed by atoms with Crippen LogP contribution in [-0.2, 0) is 9.59 Å². The van der Waals surface area contributed by atoms with Crippen LogP contribution >= 0.6 is 0 Å². The summed E-state index contributed by atoms with van der Waals surface area (Å²) in [6.45, 7) is 17.8. The van der Waals surface area contributed by atoms with Crippen molar-refractivity contribution in [3.63, 3.8) is 0 Å². The van der Waals surface area contributed by atoms with Crippen LogP contribution < -0.4 is 16.0 Å². The molecule has 0 spiro atoms. The van der Waals surface area contributed by atoms with E-state index in [0.717, 1.165) is 16.7 Å². The second-order valence-electron chi connectivity index (χ2n) is 6.87. The lowest BCUT2D eigenvalue weighted by atomic mass is 9.91. The molecule has 2 atom stereocenters. The number of aliphatic hydroxyl groups is 5. The monoisotopic (exact) mass is 533 g/mol. The van der Waals surface area contributed by atoms with Crippen LogP contribution in [0.15, 0.2) is 0 Å². The Hall–Kier alpha value is -2.57. The topological polar surface area (TPSA) is 188 Å². The second kappa shape index (κ2) is 26.5. The van der Waals surface area contributed by atoms with E-state index in [4.69, 9.17) is 20.4 Å². The van der Waals surface area contributed by atoms with Crippen molar-refractivity contribution in [3.8, 4) is 0 Å². The van der Waals surface area contributed by atoms with E-state index in [-0.39, 0.29) is 19.7 Å². The number of carbonyl (C=O) groups is 3. The molecular formula is C26H51N3O8. The molecule has 0 heterocycles. The number of nitrogens with one attached hydrogen (secondary N) is 3. The van der Waals surface area contributed by atoms with Gasteiger partial charge in [0, 0.05) is 24.3 Å². The van der Waals surface area contributed by atoms with Gasteiger partial charge < -0.3 is 41.5 Å². The summed E-state index contributed by atoms with van der Waals surface area (Å²) >= 11 is 0. The van der Waals surface area contributed by atoms with E-state index in [1.165, 1.54) is 0 Å². The molecule has 0 aliphatic carbocycles. The Labute approximate surface area is 222 Å². The second-order valence-corrected chi connectivity index (χ2v) is 6.87. The SMILES string of the molecule is CC.CC.CC.Cc1c(C)c(NC(=O)CO)c(C)c(C(=O)NCC(O)CO)c1C.O=CNCC(O)CO. The summed E-state index contributed by atoms with van der Waals surface area (Å²) in [5, 5.41) is 51.1. The van der Waals surface area contributed by atoms with Gasteiger partial charge in [-0.2, -0.15) is 0 Å². The molecule has 1 rings (SSSR count). The molecule has 0 aliphatic heterocycles. The molecule has 11 nitrogen and oxygen atoms in total. The third kappa shape index (κ3) is 16.7. The number of carbonyl (C=O) groups excluding carboxylic acids is 3. The Morgan fingerprint density at radius 1 is 0.757 bits per heavy atom. The molecule has 3 amide bonds. The number of aliphatic hydroxyl groups excluding tert-OH is 5. The maximum atomic E-state index is 12.4. The van der Waals surface area contributed by atoms with E-state index in [0.29, 0.717) is 23.2 Å². The average Bonchev–Trinajstić information content (AvgIpc) is 2.94. The highest BCUT2D eigenvalue weighted by atomic mass is 16.3. The number of hydrogen-bond donors (Lipinski definition) is 8. The molecule has 2 unspecified atom stereocenters. The van der Waals surface area contributed by atoms with Crippen LogP contribution in [-0.4, -0.2) is 88.9 Å². The van der Waals surface area contributed by atoms with Gasteiger partial charge in [0.1, 0.15) is 6.61 Å². The van der Waals surface area contributed by atoms with E-state index >= 15 is 0 Å². The first-order valence-corrected chi connectivity index (χ1v) is 12.6. The van der Waals surface area contributed by atoms with Crippen LogP contribution in [0.4, 0.5) is 5.69 Å². The number of hydrogen-bond acceptors (Lipinski definition) is 8. The Balaban J connectivity index is -0.000000325. The Morgan fingerprint density at radius 2 is 1.22 bits per heavy atom. The Morgan fingerprint density at radius 3 is 1.62 bits per heavy atom. The van der Waals surface area contributed by atoms with Crippen molar-refractivity contribution in [1.82, 2.24) is 10.6 Å². The van der Waals surface area contributed by atoms with Gasteiger partial charge in [-0.15, -0.1) is 0 Å². The first-order chi connectivity index (χ1) is 17.5. The molecule has 0 radical (unpaired) electrons. The van der Waals surface area contributed by atoms with Crippen molar-refractivity contribution in [1.29, 1.82) is 0 Å². The van der Waals surface area contributed by atoms with E-state index in [1.807, 2.05) is 62.3 Å². The largest absolute Gasteiger partial charge is 0.394 e. The number of benzene rings is 1. The first-order valence-electron chi connectivity index (χ1n) is 12.6. The highest BCUT2D eigenvalue weighted by Crippen LogP contribution is 2.30. The van der Waals surface area contributed by atoms with Gasteiger partial charge in [-0.25, -0.2) is 0 Å². The van der Waals surface area contributed by atoms with Crippen molar-refractivity contribution >= 4 is 23.9 Å². The Bertz CT molecular complexity index is 758. The van der Waals surface area contributed by atoms with Crippen LogP contribution in [0.1, 0.15) is 74.2 Å². The minimum Gasteiger partial charge on any atom is -0.394 e. The lowest BCUT2D eigenvalue weighted by Gasteiger charge is -2.21. The molecule has 218 valence electrons. The van der Waals surface area contributed by atoms with Gasteiger partial charge in [0.2, 0.25) is 12.3 Å². The molecular weight excluding hydrogens is 482 g/mol. The lowest BCUT2D eigenvalue weighted by Crippen LogP contribution is -2.35. The minimum atomic E-state index is -1.03. The zero-order valence-electron chi connectivity index (χ0n) is 24.2. The van der Waals surface area contributed by atoms with Gasteiger partial charge in [0.15, 0.2) is 0 Å². The fraction of sp³-hybridized carbons (Fsp3) is 0.654. The maximum absolute atomic E-state index is 12.4. The van der Waals surface area contributed by atoms with Crippen LogP contribution in [0.5, 0.6) is 0 Å². The number of rotatable bonds is 10. The van der Waals surface area contributed by atoms with E-state index in [9.17, 15) is 19.5 Å². The number of anilines is 1. The summed E-state index contributed by atoms with van der Waals surface area (Å²) in [5.41, 5.74) is 3.96.